The molecule has 0 bridgehead atoms. The summed E-state index contributed by atoms with van der Waals surface area (Å²) in [6.07, 6.45) is 3.55. The normalized spacial score (nSPS) is 23.0. The van der Waals surface area contributed by atoms with Gasteiger partial charge in [0, 0.05) is 11.4 Å². The van der Waals surface area contributed by atoms with Crippen molar-refractivity contribution >= 4 is 34.2 Å². The van der Waals surface area contributed by atoms with Crippen LogP contribution in [0.5, 0.6) is 0 Å². The van der Waals surface area contributed by atoms with E-state index in [0.717, 1.165) is 22.7 Å². The molecule has 0 spiro atoms. The van der Waals surface area contributed by atoms with Crippen LogP contribution >= 0.6 is 11.8 Å². The minimum absolute atomic E-state index is 0.0825. The molecule has 0 aliphatic heterocycles. The van der Waals surface area contributed by atoms with E-state index < -0.39 is 0 Å². The van der Waals surface area contributed by atoms with Crippen molar-refractivity contribution in [1.29, 1.82) is 0 Å². The van der Waals surface area contributed by atoms with Crippen molar-refractivity contribution in [3.05, 3.63) is 35.9 Å². The van der Waals surface area contributed by atoms with E-state index in [9.17, 15) is 4.79 Å². The van der Waals surface area contributed by atoms with E-state index in [4.69, 9.17) is 0 Å². The van der Waals surface area contributed by atoms with Gasteiger partial charge in [-0.2, -0.15) is 0 Å². The van der Waals surface area contributed by atoms with E-state index >= 15 is 0 Å². The number of para-hydroxylation sites is 1. The molecule has 0 saturated heterocycles. The van der Waals surface area contributed by atoms with Crippen LogP contribution < -0.4 is 5.32 Å². The van der Waals surface area contributed by atoms with Gasteiger partial charge in [-0.1, -0.05) is 56.7 Å². The minimum atomic E-state index is 0.0825. The van der Waals surface area contributed by atoms with Crippen molar-refractivity contribution in [2.75, 3.05) is 5.75 Å². The van der Waals surface area contributed by atoms with Crippen LogP contribution in [0.3, 0.4) is 0 Å². The average molecular weight is 383 g/mol. The zero-order valence-corrected chi connectivity index (χ0v) is 16.9. The first-order valence-corrected chi connectivity index (χ1v) is 10.7. The predicted molar refractivity (Wildman–Crippen MR) is 110 cm³/mol. The lowest BCUT2D eigenvalue weighted by Gasteiger charge is -2.34. The maximum Gasteiger partial charge on any atom is 0.230 e. The number of rotatable bonds is 4. The van der Waals surface area contributed by atoms with Gasteiger partial charge in [0.2, 0.25) is 5.91 Å². The number of fused-ring (bicyclic) bond motifs is 3. The molecular formula is C21H26N4OS. The van der Waals surface area contributed by atoms with Gasteiger partial charge in [0.25, 0.3) is 0 Å². The fourth-order valence-corrected chi connectivity index (χ4v) is 4.90. The second-order valence-corrected chi connectivity index (χ2v) is 8.69. The predicted octanol–water partition coefficient (Wildman–Crippen LogP) is 4.22. The highest BCUT2D eigenvalue weighted by Gasteiger charge is 2.28. The van der Waals surface area contributed by atoms with Crippen LogP contribution in [0.25, 0.3) is 16.6 Å². The zero-order chi connectivity index (χ0) is 19.0. The number of carbonyl (C=O) groups is 1. The number of nitrogens with zero attached hydrogens (tertiary/aromatic N) is 3. The van der Waals surface area contributed by atoms with Gasteiger partial charge in [-0.3, -0.25) is 9.20 Å². The van der Waals surface area contributed by atoms with E-state index in [-0.39, 0.29) is 5.91 Å². The first-order chi connectivity index (χ1) is 13.0. The monoisotopic (exact) mass is 382 g/mol. The molecule has 142 valence electrons. The zero-order valence-electron chi connectivity index (χ0n) is 16.1. The molecule has 1 saturated carbocycles. The Morgan fingerprint density at radius 1 is 1.26 bits per heavy atom. The van der Waals surface area contributed by atoms with Gasteiger partial charge in [-0.15, -0.1) is 10.2 Å². The maximum atomic E-state index is 12.5. The molecule has 5 nitrogen and oxygen atoms in total. The first kappa shape index (κ1) is 18.3. The SMILES string of the molecule is Cc1cc2nnc(SCC(=O)N[C@@H]3CCC[C@H](C)[C@@H]3C)n2c2ccccc12. The van der Waals surface area contributed by atoms with Crippen LogP contribution in [0, 0.1) is 18.8 Å². The lowest BCUT2D eigenvalue weighted by atomic mass is 9.78. The van der Waals surface area contributed by atoms with Crippen LogP contribution in [-0.2, 0) is 4.79 Å². The van der Waals surface area contributed by atoms with E-state index in [0.29, 0.717) is 23.6 Å². The molecule has 1 aromatic carbocycles. The second kappa shape index (κ2) is 7.50. The highest BCUT2D eigenvalue weighted by atomic mass is 32.2. The smallest absolute Gasteiger partial charge is 0.230 e. The molecule has 0 radical (unpaired) electrons. The van der Waals surface area contributed by atoms with Crippen molar-refractivity contribution in [2.45, 2.75) is 51.2 Å². The lowest BCUT2D eigenvalue weighted by molar-refractivity contribution is -0.120. The summed E-state index contributed by atoms with van der Waals surface area (Å²) in [6, 6.07) is 10.6. The molecule has 1 aliphatic carbocycles. The van der Waals surface area contributed by atoms with Crippen molar-refractivity contribution in [3.8, 4) is 0 Å². The number of pyridine rings is 1. The summed E-state index contributed by atoms with van der Waals surface area (Å²) < 4.78 is 2.05. The van der Waals surface area contributed by atoms with Gasteiger partial charge >= 0.3 is 0 Å². The summed E-state index contributed by atoms with van der Waals surface area (Å²) in [6.45, 7) is 6.62. The van der Waals surface area contributed by atoms with Crippen molar-refractivity contribution in [1.82, 2.24) is 19.9 Å². The summed E-state index contributed by atoms with van der Waals surface area (Å²) in [4.78, 5) is 12.5. The van der Waals surface area contributed by atoms with Gasteiger partial charge in [0.1, 0.15) is 0 Å². The summed E-state index contributed by atoms with van der Waals surface area (Å²) >= 11 is 1.45. The lowest BCUT2D eigenvalue weighted by Crippen LogP contribution is -2.44. The molecule has 1 fully saturated rings. The van der Waals surface area contributed by atoms with Gasteiger partial charge in [0.15, 0.2) is 10.8 Å². The summed E-state index contributed by atoms with van der Waals surface area (Å²) in [5, 5.41) is 13.8. The van der Waals surface area contributed by atoms with Crippen molar-refractivity contribution in [3.63, 3.8) is 0 Å². The number of amides is 1. The fraction of sp³-hybridized carbons (Fsp3) is 0.476. The van der Waals surface area contributed by atoms with E-state index in [2.05, 4.69) is 48.4 Å². The quantitative estimate of drug-likeness (QED) is 0.686. The number of carbonyl (C=O) groups excluding carboxylic acids is 1. The Morgan fingerprint density at radius 3 is 2.93 bits per heavy atom. The van der Waals surface area contributed by atoms with E-state index in [1.165, 1.54) is 35.6 Å². The summed E-state index contributed by atoms with van der Waals surface area (Å²) in [5.41, 5.74) is 3.08. The van der Waals surface area contributed by atoms with Crippen molar-refractivity contribution < 1.29 is 4.79 Å². The number of nitrogens with one attached hydrogen (secondary N) is 1. The molecule has 1 amide bonds. The minimum Gasteiger partial charge on any atom is -0.352 e. The Kier molecular flexibility index (Phi) is 5.08. The van der Waals surface area contributed by atoms with Crippen LogP contribution in [0.2, 0.25) is 0 Å². The standard InChI is InChI=1S/C21H26N4OS/c1-13-7-6-9-17(15(13)3)22-20(26)12-27-21-24-23-19-11-14(2)16-8-4-5-10-18(16)25(19)21/h4-5,8,10-11,13,15,17H,6-7,9,12H2,1-3H3,(H,22,26)/t13-,15-,17+/m0/s1. The Morgan fingerprint density at radius 2 is 2.07 bits per heavy atom. The third kappa shape index (κ3) is 3.55. The molecule has 3 atom stereocenters. The van der Waals surface area contributed by atoms with Crippen LogP contribution in [0.4, 0.5) is 0 Å². The first-order valence-electron chi connectivity index (χ1n) is 9.70. The molecule has 2 heterocycles. The number of thioether (sulfide) groups is 1. The average Bonchev–Trinajstić information content (AvgIpc) is 3.07. The van der Waals surface area contributed by atoms with E-state index in [1.807, 2.05) is 22.6 Å². The molecule has 27 heavy (non-hydrogen) atoms. The van der Waals surface area contributed by atoms with Crippen LogP contribution in [0.15, 0.2) is 35.5 Å². The Bertz CT molecular complexity index is 983. The molecule has 1 N–H and O–H groups in total. The molecule has 0 unspecified atom stereocenters. The van der Waals surface area contributed by atoms with Gasteiger partial charge in [-0.05, 0) is 42.9 Å². The molecule has 6 heteroatoms. The van der Waals surface area contributed by atoms with Gasteiger partial charge in [0.05, 0.1) is 11.3 Å². The Hall–Kier alpha value is -2.08. The number of aromatic nitrogens is 3. The van der Waals surface area contributed by atoms with E-state index in [1.54, 1.807) is 0 Å². The largest absolute Gasteiger partial charge is 0.352 e. The number of benzene rings is 1. The van der Waals surface area contributed by atoms with Crippen molar-refractivity contribution in [2.24, 2.45) is 11.8 Å². The molecule has 3 aromatic rings. The second-order valence-electron chi connectivity index (χ2n) is 7.75. The Balaban J connectivity index is 1.51. The number of aryl methyl sites for hydroxylation is 1. The van der Waals surface area contributed by atoms with Crippen LogP contribution in [0.1, 0.15) is 38.7 Å². The highest BCUT2D eigenvalue weighted by molar-refractivity contribution is 7.99. The summed E-state index contributed by atoms with van der Waals surface area (Å²) in [5.74, 6) is 1.65. The molecule has 4 rings (SSSR count). The fourth-order valence-electron chi connectivity index (χ4n) is 4.13. The molecule has 1 aliphatic rings. The Labute approximate surface area is 163 Å². The van der Waals surface area contributed by atoms with Gasteiger partial charge in [-0.25, -0.2) is 0 Å². The third-order valence-corrected chi connectivity index (χ3v) is 6.89. The molecular weight excluding hydrogens is 356 g/mol. The van der Waals surface area contributed by atoms with Gasteiger partial charge < -0.3 is 5.32 Å². The maximum absolute atomic E-state index is 12.5. The summed E-state index contributed by atoms with van der Waals surface area (Å²) in [7, 11) is 0. The number of hydrogen-bond donors (Lipinski definition) is 1. The number of hydrogen-bond acceptors (Lipinski definition) is 4. The van der Waals surface area contributed by atoms with Crippen LogP contribution in [-0.4, -0.2) is 32.3 Å². The molecule has 2 aromatic heterocycles. The third-order valence-electron chi connectivity index (χ3n) is 5.96. The highest BCUT2D eigenvalue weighted by Crippen LogP contribution is 2.30. The topological polar surface area (TPSA) is 59.3 Å².